The quantitative estimate of drug-likeness (QED) is 0.282. The van der Waals surface area contributed by atoms with Gasteiger partial charge in [-0.1, -0.05) is 6.07 Å². The smallest absolute Gasteiger partial charge is 0.419 e. The first kappa shape index (κ1) is 25.4. The van der Waals surface area contributed by atoms with E-state index in [9.17, 15) is 35.5 Å². The number of ether oxygens (including phenoxy) is 1. The zero-order chi connectivity index (χ0) is 26.3. The molecule has 1 aromatic heterocycles. The number of halogens is 7. The maximum Gasteiger partial charge on any atom is 0.419 e. The number of aromatic nitrogens is 1. The minimum absolute atomic E-state index is 0.0656. The minimum Gasteiger partial charge on any atom is -0.496 e. The molecule has 1 amide bonds. The van der Waals surface area contributed by atoms with Crippen LogP contribution in [0.1, 0.15) is 27.0 Å². The predicted molar refractivity (Wildman–Crippen MR) is 119 cm³/mol. The summed E-state index contributed by atoms with van der Waals surface area (Å²) in [6.45, 7) is -0.187. The van der Waals surface area contributed by atoms with Crippen LogP contribution in [0.3, 0.4) is 0 Å². The number of carbonyl (C=O) groups is 1. The lowest BCUT2D eigenvalue weighted by Crippen LogP contribution is -2.23. The highest BCUT2D eigenvalue weighted by molar-refractivity contribution is 7.21. The number of nitrogens with zero attached hydrogens (tertiary/aromatic N) is 1. The Kier molecular flexibility index (Phi) is 6.65. The Morgan fingerprint density at radius 2 is 1.67 bits per heavy atom. The summed E-state index contributed by atoms with van der Waals surface area (Å²) in [5.41, 5.74) is -1.52. The van der Waals surface area contributed by atoms with E-state index in [1.165, 1.54) is 30.3 Å². The van der Waals surface area contributed by atoms with E-state index in [4.69, 9.17) is 4.74 Å². The van der Waals surface area contributed by atoms with Gasteiger partial charge < -0.3 is 10.1 Å². The van der Waals surface area contributed by atoms with Crippen molar-refractivity contribution in [2.75, 3.05) is 7.11 Å². The van der Waals surface area contributed by atoms with Crippen LogP contribution in [-0.2, 0) is 18.9 Å². The van der Waals surface area contributed by atoms with Crippen LogP contribution in [0.2, 0.25) is 0 Å². The Morgan fingerprint density at radius 3 is 2.33 bits per heavy atom. The number of carbonyl (C=O) groups excluding carboxylic acids is 1. The van der Waals surface area contributed by atoms with E-state index in [0.29, 0.717) is 22.3 Å². The van der Waals surface area contributed by atoms with Gasteiger partial charge in [0.1, 0.15) is 16.6 Å². The fourth-order valence-corrected chi connectivity index (χ4v) is 4.44. The van der Waals surface area contributed by atoms with Crippen LogP contribution in [0, 0.1) is 5.82 Å². The number of methoxy groups -OCH3 is 1. The number of alkyl halides is 6. The minimum atomic E-state index is -4.87. The van der Waals surface area contributed by atoms with Crippen LogP contribution >= 0.6 is 11.3 Å². The lowest BCUT2D eigenvalue weighted by atomic mass is 10.1. The molecule has 0 atom stereocenters. The number of rotatable bonds is 5. The van der Waals surface area contributed by atoms with Crippen molar-refractivity contribution in [2.24, 2.45) is 0 Å². The van der Waals surface area contributed by atoms with E-state index < -0.39 is 35.2 Å². The van der Waals surface area contributed by atoms with Gasteiger partial charge in [-0.05, 0) is 54.1 Å². The summed E-state index contributed by atoms with van der Waals surface area (Å²) in [4.78, 5) is 16.9. The van der Waals surface area contributed by atoms with Crippen molar-refractivity contribution >= 4 is 27.5 Å². The summed E-state index contributed by atoms with van der Waals surface area (Å²) in [5.74, 6) is -2.31. The predicted octanol–water partition coefficient (Wildman–Crippen LogP) is 7.08. The van der Waals surface area contributed by atoms with Gasteiger partial charge in [0.2, 0.25) is 0 Å². The second-order valence-corrected chi connectivity index (χ2v) is 8.64. The normalized spacial score (nSPS) is 12.1. The van der Waals surface area contributed by atoms with E-state index in [2.05, 4.69) is 10.3 Å². The summed E-state index contributed by atoms with van der Waals surface area (Å²) in [6.07, 6.45) is -9.50. The highest BCUT2D eigenvalue weighted by Crippen LogP contribution is 2.38. The Bertz CT molecular complexity index is 1440. The Hall–Kier alpha value is -3.67. The third-order valence-corrected chi connectivity index (χ3v) is 6.26. The molecule has 0 spiro atoms. The standard InChI is InChI=1S/C24H15F7N2O2S/c1-35-19-7-2-12(8-16(19)24(29,30)31)11-32-21(34)13-4-6-18-20(10-13)36-22(33-18)14-3-5-17(25)15(9-14)23(26,27)28/h2-10H,11H2,1H3,(H,32,34). The van der Waals surface area contributed by atoms with Gasteiger partial charge in [-0.2, -0.15) is 26.3 Å². The first-order chi connectivity index (χ1) is 16.9. The van der Waals surface area contributed by atoms with E-state index in [1.54, 1.807) is 0 Å². The molecule has 0 aliphatic rings. The average Bonchev–Trinajstić information content (AvgIpc) is 3.24. The van der Waals surface area contributed by atoms with Gasteiger partial charge in [0.25, 0.3) is 5.91 Å². The van der Waals surface area contributed by atoms with Crippen molar-refractivity contribution in [3.05, 3.63) is 82.7 Å². The van der Waals surface area contributed by atoms with Crippen molar-refractivity contribution < 1.29 is 40.3 Å². The number of thiazole rings is 1. The highest BCUT2D eigenvalue weighted by atomic mass is 32.1. The van der Waals surface area contributed by atoms with Gasteiger partial charge >= 0.3 is 12.4 Å². The largest absolute Gasteiger partial charge is 0.496 e. The van der Waals surface area contributed by atoms with Crippen LogP contribution in [0.15, 0.2) is 54.6 Å². The van der Waals surface area contributed by atoms with Crippen molar-refractivity contribution in [3.63, 3.8) is 0 Å². The van der Waals surface area contributed by atoms with Crippen LogP contribution in [0.4, 0.5) is 30.7 Å². The lowest BCUT2D eigenvalue weighted by molar-refractivity contribution is -0.140. The topological polar surface area (TPSA) is 51.2 Å². The number of fused-ring (bicyclic) bond motifs is 1. The van der Waals surface area contributed by atoms with E-state index >= 15 is 0 Å². The SMILES string of the molecule is COc1ccc(CNC(=O)c2ccc3nc(-c4ccc(F)c(C(F)(F)F)c4)sc3c2)cc1C(F)(F)F. The second-order valence-electron chi connectivity index (χ2n) is 7.61. The first-order valence-electron chi connectivity index (χ1n) is 10.2. The number of amides is 1. The molecular formula is C24H15F7N2O2S. The van der Waals surface area contributed by atoms with E-state index in [1.807, 2.05) is 0 Å². The third kappa shape index (κ3) is 5.27. The number of nitrogens with one attached hydrogen (secondary N) is 1. The van der Waals surface area contributed by atoms with Crippen molar-refractivity contribution in [2.45, 2.75) is 18.9 Å². The van der Waals surface area contributed by atoms with Gasteiger partial charge in [0, 0.05) is 17.7 Å². The molecule has 1 heterocycles. The summed E-state index contributed by atoms with van der Waals surface area (Å²) in [5, 5.41) is 2.74. The monoisotopic (exact) mass is 528 g/mol. The van der Waals surface area contributed by atoms with Crippen LogP contribution in [-0.4, -0.2) is 18.0 Å². The van der Waals surface area contributed by atoms with E-state index in [0.717, 1.165) is 30.6 Å². The molecule has 0 aliphatic carbocycles. The molecule has 0 fully saturated rings. The van der Waals surface area contributed by atoms with Gasteiger partial charge in [0.15, 0.2) is 0 Å². The Labute approximate surface area is 203 Å². The number of hydrogen-bond acceptors (Lipinski definition) is 4. The lowest BCUT2D eigenvalue weighted by Gasteiger charge is -2.14. The zero-order valence-corrected chi connectivity index (χ0v) is 19.0. The Morgan fingerprint density at radius 1 is 0.944 bits per heavy atom. The average molecular weight is 528 g/mol. The van der Waals surface area contributed by atoms with Gasteiger partial charge in [-0.3, -0.25) is 4.79 Å². The fourth-order valence-electron chi connectivity index (χ4n) is 3.44. The Balaban J connectivity index is 1.54. The maximum absolute atomic E-state index is 13.6. The number of benzene rings is 3. The summed E-state index contributed by atoms with van der Waals surface area (Å²) in [7, 11) is 1.12. The van der Waals surface area contributed by atoms with Crippen molar-refractivity contribution in [3.8, 4) is 16.3 Å². The molecule has 188 valence electrons. The maximum atomic E-state index is 13.6. The molecule has 1 N–H and O–H groups in total. The zero-order valence-electron chi connectivity index (χ0n) is 18.2. The van der Waals surface area contributed by atoms with E-state index in [-0.39, 0.29) is 34.0 Å². The van der Waals surface area contributed by atoms with Gasteiger partial charge in [0.05, 0.1) is 28.5 Å². The molecule has 0 unspecified atom stereocenters. The molecular weight excluding hydrogens is 513 g/mol. The van der Waals surface area contributed by atoms with Crippen LogP contribution < -0.4 is 10.1 Å². The molecule has 36 heavy (non-hydrogen) atoms. The third-order valence-electron chi connectivity index (χ3n) is 5.19. The first-order valence-corrected chi connectivity index (χ1v) is 11.0. The summed E-state index contributed by atoms with van der Waals surface area (Å²) < 4.78 is 97.6. The molecule has 0 saturated heterocycles. The van der Waals surface area contributed by atoms with Crippen LogP contribution in [0.25, 0.3) is 20.8 Å². The second kappa shape index (κ2) is 9.41. The molecule has 4 rings (SSSR count). The molecule has 12 heteroatoms. The molecule has 0 saturated carbocycles. The van der Waals surface area contributed by atoms with Crippen molar-refractivity contribution in [1.29, 1.82) is 0 Å². The molecule has 0 aliphatic heterocycles. The summed E-state index contributed by atoms with van der Waals surface area (Å²) in [6, 6.07) is 10.4. The van der Waals surface area contributed by atoms with Crippen LogP contribution in [0.5, 0.6) is 5.75 Å². The molecule has 3 aromatic carbocycles. The van der Waals surface area contributed by atoms with Gasteiger partial charge in [-0.15, -0.1) is 11.3 Å². The molecule has 4 nitrogen and oxygen atoms in total. The molecule has 0 bridgehead atoms. The summed E-state index contributed by atoms with van der Waals surface area (Å²) >= 11 is 1.01. The fraction of sp³-hybridized carbons (Fsp3) is 0.167. The highest BCUT2D eigenvalue weighted by Gasteiger charge is 2.35. The molecule has 0 radical (unpaired) electrons. The molecule has 4 aromatic rings. The van der Waals surface area contributed by atoms with Crippen molar-refractivity contribution in [1.82, 2.24) is 10.3 Å². The number of hydrogen-bond donors (Lipinski definition) is 1. The van der Waals surface area contributed by atoms with Gasteiger partial charge in [-0.25, -0.2) is 9.37 Å².